The second kappa shape index (κ2) is 13.7. The summed E-state index contributed by atoms with van der Waals surface area (Å²) in [7, 11) is 0. The minimum absolute atomic E-state index is 0.0640. The van der Waals surface area contributed by atoms with Gasteiger partial charge in [-0.05, 0) is 67.8 Å². The van der Waals surface area contributed by atoms with Crippen molar-refractivity contribution in [1.29, 1.82) is 0 Å². The van der Waals surface area contributed by atoms with Crippen LogP contribution in [0, 0.1) is 0 Å². The SMILES string of the molecule is C/C=C/c1ccc(N)nc1.O=CNCc1cc2cc(-c3ccc(C(=O)NC4CCC(F)(F)CC4)cn3)cc(C(F)(F)F)c2o1. The molecule has 0 saturated heterocycles. The van der Waals surface area contributed by atoms with E-state index in [0.717, 1.165) is 11.6 Å². The molecule has 3 heterocycles. The number of allylic oxidation sites excluding steroid dienone is 1. The number of anilines is 1. The summed E-state index contributed by atoms with van der Waals surface area (Å²) in [6.07, 6.45) is 2.38. The van der Waals surface area contributed by atoms with Crippen molar-refractivity contribution in [2.45, 2.75) is 57.3 Å². The predicted molar refractivity (Wildman–Crippen MR) is 155 cm³/mol. The first-order valence-corrected chi connectivity index (χ1v) is 13.7. The molecule has 1 aliphatic rings. The maximum Gasteiger partial charge on any atom is 0.420 e. The van der Waals surface area contributed by atoms with Crippen molar-refractivity contribution in [2.24, 2.45) is 0 Å². The van der Waals surface area contributed by atoms with Gasteiger partial charge in [0.15, 0.2) is 0 Å². The van der Waals surface area contributed by atoms with Gasteiger partial charge in [0.2, 0.25) is 12.3 Å². The molecule has 44 heavy (non-hydrogen) atoms. The van der Waals surface area contributed by atoms with Crippen LogP contribution in [0.1, 0.15) is 59.9 Å². The van der Waals surface area contributed by atoms with E-state index in [2.05, 4.69) is 20.6 Å². The van der Waals surface area contributed by atoms with Gasteiger partial charge >= 0.3 is 6.18 Å². The van der Waals surface area contributed by atoms with E-state index in [1.54, 1.807) is 12.3 Å². The Morgan fingerprint density at radius 2 is 1.84 bits per heavy atom. The van der Waals surface area contributed by atoms with Crippen molar-refractivity contribution >= 4 is 35.2 Å². The third-order valence-electron chi connectivity index (χ3n) is 6.87. The number of aromatic nitrogens is 2. The maximum atomic E-state index is 13.7. The zero-order chi connectivity index (χ0) is 31.9. The molecule has 0 atom stereocenters. The van der Waals surface area contributed by atoms with E-state index in [4.69, 9.17) is 10.2 Å². The zero-order valence-corrected chi connectivity index (χ0v) is 23.6. The summed E-state index contributed by atoms with van der Waals surface area (Å²) in [4.78, 5) is 31.0. The van der Waals surface area contributed by atoms with Gasteiger partial charge in [-0.25, -0.2) is 13.8 Å². The molecular formula is C31H30F5N5O3. The lowest BCUT2D eigenvalue weighted by molar-refractivity contribution is -0.136. The number of benzene rings is 1. The topological polar surface area (TPSA) is 123 Å². The summed E-state index contributed by atoms with van der Waals surface area (Å²) in [5, 5.41) is 5.22. The Morgan fingerprint density at radius 3 is 2.43 bits per heavy atom. The average Bonchev–Trinajstić information content (AvgIpc) is 3.41. The van der Waals surface area contributed by atoms with E-state index in [1.807, 2.05) is 25.1 Å². The van der Waals surface area contributed by atoms with Gasteiger partial charge in [-0.1, -0.05) is 12.2 Å². The number of nitrogens with zero attached hydrogens (tertiary/aromatic N) is 2. The lowest BCUT2D eigenvalue weighted by Crippen LogP contribution is -2.40. The monoisotopic (exact) mass is 615 g/mol. The second-order valence-electron chi connectivity index (χ2n) is 10.2. The van der Waals surface area contributed by atoms with E-state index < -0.39 is 23.6 Å². The number of amides is 2. The Bertz CT molecular complexity index is 1610. The van der Waals surface area contributed by atoms with Crippen LogP contribution in [0.2, 0.25) is 0 Å². The fourth-order valence-corrected chi connectivity index (χ4v) is 4.65. The molecule has 1 fully saturated rings. The summed E-state index contributed by atoms with van der Waals surface area (Å²) in [5.74, 6) is -2.47. The van der Waals surface area contributed by atoms with Gasteiger partial charge in [-0.15, -0.1) is 0 Å². The Kier molecular flexibility index (Phi) is 9.97. The van der Waals surface area contributed by atoms with Crippen molar-refractivity contribution in [3.63, 3.8) is 0 Å². The Hall–Kier alpha value is -4.81. The molecule has 2 amide bonds. The summed E-state index contributed by atoms with van der Waals surface area (Å²) >= 11 is 0. The number of rotatable bonds is 7. The fourth-order valence-electron chi connectivity index (χ4n) is 4.65. The molecule has 0 unspecified atom stereocenters. The standard InChI is InChI=1S/C23H20F5N3O3.C8H10N2/c24-22(25)5-3-16(4-6-22)31-21(33)13-1-2-19(30-10-13)14-7-15-8-17(11-29-12-32)34-20(15)18(9-14)23(26,27)28;1-2-3-7-4-5-8(9)10-6-7/h1-2,7-10,12,16H,3-6,11H2,(H,29,32)(H,31,33);2-6H,1H3,(H2,9,10)/b;3-2+. The normalized spacial score (nSPS) is 15.0. The van der Waals surface area contributed by atoms with Crippen molar-refractivity contribution in [2.75, 3.05) is 5.73 Å². The number of carbonyl (C=O) groups is 2. The van der Waals surface area contributed by atoms with E-state index in [9.17, 15) is 31.5 Å². The summed E-state index contributed by atoms with van der Waals surface area (Å²) in [6, 6.07) is 9.97. The Balaban J connectivity index is 0.000000375. The first kappa shape index (κ1) is 32.1. The molecule has 0 spiro atoms. The third-order valence-corrected chi connectivity index (χ3v) is 6.87. The highest BCUT2D eigenvalue weighted by Gasteiger charge is 2.36. The van der Waals surface area contributed by atoms with E-state index in [-0.39, 0.29) is 71.8 Å². The van der Waals surface area contributed by atoms with Crippen LogP contribution >= 0.6 is 0 Å². The molecule has 1 aromatic carbocycles. The molecule has 8 nitrogen and oxygen atoms in total. The van der Waals surface area contributed by atoms with Crippen molar-refractivity contribution < 1.29 is 36.0 Å². The minimum Gasteiger partial charge on any atom is -0.459 e. The molecule has 0 aliphatic heterocycles. The molecule has 4 aromatic rings. The Labute approximate surface area is 249 Å². The van der Waals surface area contributed by atoms with Gasteiger partial charge in [0.25, 0.3) is 5.91 Å². The van der Waals surface area contributed by atoms with Gasteiger partial charge in [0.1, 0.15) is 17.2 Å². The average molecular weight is 616 g/mol. The molecule has 0 bridgehead atoms. The molecule has 232 valence electrons. The van der Waals surface area contributed by atoms with Crippen molar-refractivity contribution in [1.82, 2.24) is 20.6 Å². The highest BCUT2D eigenvalue weighted by Crippen LogP contribution is 2.39. The van der Waals surface area contributed by atoms with Crippen LogP contribution in [-0.2, 0) is 17.5 Å². The predicted octanol–water partition coefficient (Wildman–Crippen LogP) is 6.76. The highest BCUT2D eigenvalue weighted by molar-refractivity contribution is 5.94. The highest BCUT2D eigenvalue weighted by atomic mass is 19.4. The van der Waals surface area contributed by atoms with Gasteiger partial charge in [0.05, 0.1) is 23.4 Å². The largest absolute Gasteiger partial charge is 0.459 e. The molecule has 0 radical (unpaired) electrons. The number of nitrogens with two attached hydrogens (primary N) is 1. The fraction of sp³-hybridized carbons (Fsp3) is 0.290. The second-order valence-corrected chi connectivity index (χ2v) is 10.2. The van der Waals surface area contributed by atoms with Crippen LogP contribution in [0.4, 0.5) is 27.8 Å². The number of fused-ring (bicyclic) bond motifs is 1. The number of furan rings is 1. The molecule has 4 N–H and O–H groups in total. The smallest absolute Gasteiger partial charge is 0.420 e. The van der Waals surface area contributed by atoms with Gasteiger partial charge < -0.3 is 20.8 Å². The first-order chi connectivity index (χ1) is 20.9. The number of alkyl halides is 5. The Morgan fingerprint density at radius 1 is 1.09 bits per heavy atom. The van der Waals surface area contributed by atoms with E-state index in [0.29, 0.717) is 12.2 Å². The van der Waals surface area contributed by atoms with Crippen LogP contribution in [0.25, 0.3) is 28.3 Å². The summed E-state index contributed by atoms with van der Waals surface area (Å²) in [6.45, 7) is 1.90. The van der Waals surface area contributed by atoms with Crippen LogP contribution in [0.5, 0.6) is 0 Å². The molecule has 1 saturated carbocycles. The number of nitrogens with one attached hydrogen (secondary N) is 2. The number of pyridine rings is 2. The van der Waals surface area contributed by atoms with Crippen LogP contribution in [0.3, 0.4) is 0 Å². The molecular weight excluding hydrogens is 585 g/mol. The lowest BCUT2D eigenvalue weighted by atomic mass is 9.92. The quantitative estimate of drug-likeness (QED) is 0.156. The van der Waals surface area contributed by atoms with Crippen molar-refractivity contribution in [3.8, 4) is 11.3 Å². The molecule has 5 rings (SSSR count). The summed E-state index contributed by atoms with van der Waals surface area (Å²) in [5.41, 5.74) is 5.66. The molecule has 1 aliphatic carbocycles. The zero-order valence-electron chi connectivity index (χ0n) is 23.6. The van der Waals surface area contributed by atoms with Crippen LogP contribution in [0.15, 0.2) is 65.4 Å². The van der Waals surface area contributed by atoms with Gasteiger partial charge in [-0.2, -0.15) is 13.2 Å². The van der Waals surface area contributed by atoms with Crippen molar-refractivity contribution in [3.05, 3.63) is 83.4 Å². The van der Waals surface area contributed by atoms with Crippen LogP contribution in [-0.4, -0.2) is 34.2 Å². The number of carbonyl (C=O) groups excluding carboxylic acids is 2. The third kappa shape index (κ3) is 8.39. The van der Waals surface area contributed by atoms with E-state index >= 15 is 0 Å². The summed E-state index contributed by atoms with van der Waals surface area (Å²) < 4.78 is 72.8. The van der Waals surface area contributed by atoms with Gasteiger partial charge in [-0.3, -0.25) is 14.6 Å². The number of hydrogen-bond donors (Lipinski definition) is 3. The van der Waals surface area contributed by atoms with Gasteiger partial charge in [0, 0.05) is 42.2 Å². The molecule has 3 aromatic heterocycles. The van der Waals surface area contributed by atoms with Crippen LogP contribution < -0.4 is 16.4 Å². The minimum atomic E-state index is -4.70. The number of halogens is 5. The first-order valence-electron chi connectivity index (χ1n) is 13.7. The molecule has 13 heteroatoms. The lowest BCUT2D eigenvalue weighted by Gasteiger charge is -2.28. The van der Waals surface area contributed by atoms with E-state index in [1.165, 1.54) is 30.5 Å². The number of hydrogen-bond acceptors (Lipinski definition) is 6. The number of nitrogen functional groups attached to an aromatic ring is 1. The maximum absolute atomic E-state index is 13.7.